The number of benzene rings is 1. The summed E-state index contributed by atoms with van der Waals surface area (Å²) in [5.41, 5.74) is 7.65. The van der Waals surface area contributed by atoms with Crippen LogP contribution in [0.3, 0.4) is 0 Å². The van der Waals surface area contributed by atoms with Crippen molar-refractivity contribution in [2.75, 3.05) is 13.1 Å². The monoisotopic (exact) mass is 278 g/mol. The van der Waals surface area contributed by atoms with E-state index in [2.05, 4.69) is 24.0 Å². The highest BCUT2D eigenvalue weighted by atomic mass is 35.5. The molecule has 0 amide bonds. The average Bonchev–Trinajstić information content (AvgIpc) is 2.84. The van der Waals surface area contributed by atoms with Gasteiger partial charge in [-0.3, -0.25) is 4.90 Å². The van der Waals surface area contributed by atoms with Gasteiger partial charge in [-0.25, -0.2) is 0 Å². The van der Waals surface area contributed by atoms with Gasteiger partial charge in [-0.1, -0.05) is 30.2 Å². The SMILES string of the molecule is CC(c1ccc(Cl)cc1)N1CC2CCCC(N)C2C1. The lowest BCUT2D eigenvalue weighted by Crippen LogP contribution is -2.38. The van der Waals surface area contributed by atoms with Crippen molar-refractivity contribution in [1.82, 2.24) is 4.90 Å². The summed E-state index contributed by atoms with van der Waals surface area (Å²) in [5.74, 6) is 1.53. The first kappa shape index (κ1) is 13.4. The maximum atomic E-state index is 6.30. The smallest absolute Gasteiger partial charge is 0.0406 e. The molecular formula is C16H23ClN2. The Morgan fingerprint density at radius 2 is 1.95 bits per heavy atom. The van der Waals surface area contributed by atoms with E-state index in [1.807, 2.05) is 12.1 Å². The Morgan fingerprint density at radius 1 is 1.21 bits per heavy atom. The third-order valence-electron chi connectivity index (χ3n) is 5.08. The van der Waals surface area contributed by atoms with Crippen molar-refractivity contribution < 1.29 is 0 Å². The second kappa shape index (κ2) is 5.43. The van der Waals surface area contributed by atoms with E-state index in [4.69, 9.17) is 17.3 Å². The molecule has 0 bridgehead atoms. The Bertz CT molecular complexity index is 431. The third kappa shape index (κ3) is 2.67. The molecule has 1 aliphatic heterocycles. The molecule has 4 atom stereocenters. The summed E-state index contributed by atoms with van der Waals surface area (Å²) in [4.78, 5) is 2.60. The molecule has 1 aromatic carbocycles. The van der Waals surface area contributed by atoms with Crippen LogP contribution in [0.2, 0.25) is 5.02 Å². The quantitative estimate of drug-likeness (QED) is 0.898. The summed E-state index contributed by atoms with van der Waals surface area (Å²) in [7, 11) is 0. The second-order valence-corrected chi connectivity index (χ2v) is 6.64. The number of hydrogen-bond acceptors (Lipinski definition) is 2. The minimum atomic E-state index is 0.418. The predicted molar refractivity (Wildman–Crippen MR) is 80.2 cm³/mol. The number of likely N-dealkylation sites (tertiary alicyclic amines) is 1. The summed E-state index contributed by atoms with van der Waals surface area (Å²) in [6.45, 7) is 4.67. The van der Waals surface area contributed by atoms with Crippen molar-refractivity contribution in [3.8, 4) is 0 Å². The Hall–Kier alpha value is -0.570. The molecule has 19 heavy (non-hydrogen) atoms. The zero-order valence-corrected chi connectivity index (χ0v) is 12.3. The molecule has 104 valence electrons. The lowest BCUT2D eigenvalue weighted by Gasteiger charge is -2.30. The molecule has 2 aliphatic rings. The average molecular weight is 279 g/mol. The van der Waals surface area contributed by atoms with Crippen LogP contribution in [-0.4, -0.2) is 24.0 Å². The maximum Gasteiger partial charge on any atom is 0.0406 e. The van der Waals surface area contributed by atoms with Gasteiger partial charge in [-0.2, -0.15) is 0 Å². The van der Waals surface area contributed by atoms with Crippen LogP contribution in [0.4, 0.5) is 0 Å². The van der Waals surface area contributed by atoms with E-state index in [1.165, 1.54) is 31.4 Å². The number of nitrogens with zero attached hydrogens (tertiary/aromatic N) is 1. The largest absolute Gasteiger partial charge is 0.327 e. The van der Waals surface area contributed by atoms with Gasteiger partial charge in [0.2, 0.25) is 0 Å². The van der Waals surface area contributed by atoms with E-state index in [1.54, 1.807) is 0 Å². The van der Waals surface area contributed by atoms with Crippen molar-refractivity contribution >= 4 is 11.6 Å². The van der Waals surface area contributed by atoms with Crippen molar-refractivity contribution in [2.45, 2.75) is 38.3 Å². The van der Waals surface area contributed by atoms with Crippen molar-refractivity contribution in [3.63, 3.8) is 0 Å². The first-order chi connectivity index (χ1) is 9.15. The Balaban J connectivity index is 1.71. The standard InChI is InChI=1S/C16H23ClN2/c1-11(12-5-7-14(17)8-6-12)19-9-13-3-2-4-16(18)15(13)10-19/h5-8,11,13,15-16H,2-4,9-10,18H2,1H3. The van der Waals surface area contributed by atoms with Crippen molar-refractivity contribution in [1.29, 1.82) is 0 Å². The summed E-state index contributed by atoms with van der Waals surface area (Å²) in [5, 5.41) is 0.813. The van der Waals surface area contributed by atoms with Gasteiger partial charge in [0.15, 0.2) is 0 Å². The molecule has 1 aromatic rings. The van der Waals surface area contributed by atoms with Crippen LogP contribution in [0, 0.1) is 11.8 Å². The zero-order valence-electron chi connectivity index (χ0n) is 11.6. The lowest BCUT2D eigenvalue weighted by atomic mass is 9.78. The van der Waals surface area contributed by atoms with E-state index in [0.717, 1.165) is 17.5 Å². The molecule has 0 aromatic heterocycles. The van der Waals surface area contributed by atoms with Gasteiger partial charge in [0.25, 0.3) is 0 Å². The minimum absolute atomic E-state index is 0.418. The Morgan fingerprint density at radius 3 is 2.63 bits per heavy atom. The number of nitrogens with two attached hydrogens (primary N) is 1. The number of fused-ring (bicyclic) bond motifs is 1. The van der Waals surface area contributed by atoms with Crippen LogP contribution < -0.4 is 5.73 Å². The fourth-order valence-corrected chi connectivity index (χ4v) is 3.95. The molecule has 1 saturated carbocycles. The van der Waals surface area contributed by atoms with E-state index < -0.39 is 0 Å². The summed E-state index contributed by atoms with van der Waals surface area (Å²) < 4.78 is 0. The van der Waals surface area contributed by atoms with Gasteiger partial charge in [-0.05, 0) is 49.3 Å². The highest BCUT2D eigenvalue weighted by molar-refractivity contribution is 6.30. The first-order valence-electron chi connectivity index (χ1n) is 7.40. The molecule has 4 unspecified atom stereocenters. The summed E-state index contributed by atoms with van der Waals surface area (Å²) in [6, 6.07) is 9.16. The van der Waals surface area contributed by atoms with Crippen LogP contribution >= 0.6 is 11.6 Å². The van der Waals surface area contributed by atoms with Crippen LogP contribution in [0.1, 0.15) is 37.8 Å². The molecule has 3 rings (SSSR count). The van der Waals surface area contributed by atoms with Crippen LogP contribution in [0.15, 0.2) is 24.3 Å². The van der Waals surface area contributed by atoms with E-state index in [0.29, 0.717) is 18.0 Å². The fraction of sp³-hybridized carbons (Fsp3) is 0.625. The van der Waals surface area contributed by atoms with Gasteiger partial charge < -0.3 is 5.73 Å². The molecule has 2 N–H and O–H groups in total. The molecule has 0 spiro atoms. The summed E-state index contributed by atoms with van der Waals surface area (Å²) in [6.07, 6.45) is 3.89. The predicted octanol–water partition coefficient (Wildman–Crippen LogP) is 3.46. The van der Waals surface area contributed by atoms with Crippen molar-refractivity contribution in [2.24, 2.45) is 17.6 Å². The zero-order chi connectivity index (χ0) is 13.4. The highest BCUT2D eigenvalue weighted by Crippen LogP contribution is 2.38. The van der Waals surface area contributed by atoms with Crippen LogP contribution in [0.5, 0.6) is 0 Å². The minimum Gasteiger partial charge on any atom is -0.327 e. The highest BCUT2D eigenvalue weighted by Gasteiger charge is 2.40. The maximum absolute atomic E-state index is 6.30. The van der Waals surface area contributed by atoms with E-state index in [9.17, 15) is 0 Å². The molecule has 2 nitrogen and oxygen atoms in total. The normalized spacial score (nSPS) is 33.1. The topological polar surface area (TPSA) is 29.3 Å². The molecule has 2 fully saturated rings. The van der Waals surface area contributed by atoms with Crippen molar-refractivity contribution in [3.05, 3.63) is 34.9 Å². The van der Waals surface area contributed by atoms with E-state index in [-0.39, 0.29) is 0 Å². The van der Waals surface area contributed by atoms with E-state index >= 15 is 0 Å². The molecular weight excluding hydrogens is 256 g/mol. The van der Waals surface area contributed by atoms with Gasteiger partial charge in [-0.15, -0.1) is 0 Å². The van der Waals surface area contributed by atoms with Gasteiger partial charge in [0.05, 0.1) is 0 Å². The van der Waals surface area contributed by atoms with Gasteiger partial charge in [0, 0.05) is 30.2 Å². The molecule has 3 heteroatoms. The molecule has 1 saturated heterocycles. The molecule has 1 heterocycles. The Labute approximate surface area is 120 Å². The van der Waals surface area contributed by atoms with Gasteiger partial charge >= 0.3 is 0 Å². The number of hydrogen-bond donors (Lipinski definition) is 1. The molecule has 1 aliphatic carbocycles. The van der Waals surface area contributed by atoms with Crippen LogP contribution in [-0.2, 0) is 0 Å². The number of halogens is 1. The lowest BCUT2D eigenvalue weighted by molar-refractivity contribution is 0.245. The second-order valence-electron chi connectivity index (χ2n) is 6.20. The Kier molecular flexibility index (Phi) is 3.84. The summed E-state index contributed by atoms with van der Waals surface area (Å²) >= 11 is 5.96. The molecule has 0 radical (unpaired) electrons. The van der Waals surface area contributed by atoms with Gasteiger partial charge in [0.1, 0.15) is 0 Å². The number of rotatable bonds is 2. The first-order valence-corrected chi connectivity index (χ1v) is 7.78. The van der Waals surface area contributed by atoms with Crippen LogP contribution in [0.25, 0.3) is 0 Å². The third-order valence-corrected chi connectivity index (χ3v) is 5.33. The fourth-order valence-electron chi connectivity index (χ4n) is 3.82.